The number of fused-ring (bicyclic) bond motifs is 1. The molecule has 1 aromatic carbocycles. The second-order valence-electron chi connectivity index (χ2n) is 10.2. The molecule has 3 amide bonds. The van der Waals surface area contributed by atoms with Crippen molar-refractivity contribution in [3.05, 3.63) is 64.5 Å². The maximum absolute atomic E-state index is 13.5. The fourth-order valence-electron chi connectivity index (χ4n) is 5.61. The van der Waals surface area contributed by atoms with Gasteiger partial charge in [0.15, 0.2) is 0 Å². The van der Waals surface area contributed by atoms with Crippen LogP contribution in [0.3, 0.4) is 0 Å². The number of piperazine rings is 1. The van der Waals surface area contributed by atoms with Crippen molar-refractivity contribution >= 4 is 23.9 Å². The van der Waals surface area contributed by atoms with Crippen LogP contribution in [0, 0.1) is 6.92 Å². The first kappa shape index (κ1) is 26.6. The Hall–Kier alpha value is -3.95. The van der Waals surface area contributed by atoms with E-state index < -0.39 is 6.10 Å². The molecular weight excluding hydrogens is 500 g/mol. The van der Waals surface area contributed by atoms with Gasteiger partial charge < -0.3 is 24.2 Å². The molecule has 0 aliphatic carbocycles. The highest BCUT2D eigenvalue weighted by Crippen LogP contribution is 2.35. The third-order valence-electron chi connectivity index (χ3n) is 7.76. The summed E-state index contributed by atoms with van der Waals surface area (Å²) >= 11 is 0. The van der Waals surface area contributed by atoms with Crippen LogP contribution in [-0.4, -0.2) is 89.4 Å². The van der Waals surface area contributed by atoms with E-state index in [0.717, 1.165) is 17.0 Å². The van der Waals surface area contributed by atoms with Crippen molar-refractivity contribution in [1.82, 2.24) is 19.7 Å². The number of likely N-dealkylation sites (tertiary alicyclic amines) is 1. The molecule has 3 aliphatic rings. The second-order valence-corrected chi connectivity index (χ2v) is 10.2. The maximum atomic E-state index is 13.5. The molecule has 4 heterocycles. The van der Waals surface area contributed by atoms with Gasteiger partial charge in [-0.1, -0.05) is 18.2 Å². The lowest BCUT2D eigenvalue weighted by Crippen LogP contribution is -2.51. The molecule has 1 unspecified atom stereocenters. The van der Waals surface area contributed by atoms with Gasteiger partial charge in [-0.3, -0.25) is 14.6 Å². The SMILES string of the molecule is CCOC(=O)N1CCN(C(=O)c2ccc(C)nc2C2CCN(C(=O)CC3OC(=O)c4ccccc43)CC2)CC1. The molecule has 2 fully saturated rings. The first-order chi connectivity index (χ1) is 18.9. The smallest absolute Gasteiger partial charge is 0.409 e. The van der Waals surface area contributed by atoms with Crippen molar-refractivity contribution in [1.29, 1.82) is 0 Å². The minimum absolute atomic E-state index is 0.0454. The van der Waals surface area contributed by atoms with Gasteiger partial charge >= 0.3 is 12.1 Å². The van der Waals surface area contributed by atoms with Gasteiger partial charge in [0.25, 0.3) is 5.91 Å². The first-order valence-corrected chi connectivity index (χ1v) is 13.6. The summed E-state index contributed by atoms with van der Waals surface area (Å²) in [6.45, 7) is 6.84. The van der Waals surface area contributed by atoms with Gasteiger partial charge in [-0.25, -0.2) is 9.59 Å². The Bertz CT molecular complexity index is 1260. The number of piperidine rings is 1. The van der Waals surface area contributed by atoms with Crippen molar-refractivity contribution in [2.24, 2.45) is 0 Å². The summed E-state index contributed by atoms with van der Waals surface area (Å²) in [4.78, 5) is 60.7. The molecule has 1 aromatic heterocycles. The van der Waals surface area contributed by atoms with Crippen LogP contribution < -0.4 is 0 Å². The quantitative estimate of drug-likeness (QED) is 0.542. The van der Waals surface area contributed by atoms with Crippen LogP contribution in [0.5, 0.6) is 0 Å². The van der Waals surface area contributed by atoms with E-state index in [9.17, 15) is 19.2 Å². The topological polar surface area (TPSA) is 109 Å². The average Bonchev–Trinajstić information content (AvgIpc) is 3.27. The standard InChI is InChI=1S/C29H34N4O6/c1-3-38-29(37)33-16-14-32(15-17-33)27(35)23-9-8-19(2)30-26(23)20-10-12-31(13-11-20)25(34)18-24-21-6-4-5-7-22(21)28(36)39-24/h4-9,20,24H,3,10-18H2,1-2H3. The summed E-state index contributed by atoms with van der Waals surface area (Å²) in [5.41, 5.74) is 3.50. The predicted octanol–water partition coefficient (Wildman–Crippen LogP) is 3.31. The van der Waals surface area contributed by atoms with E-state index in [4.69, 9.17) is 14.5 Å². The van der Waals surface area contributed by atoms with Crippen LogP contribution in [0.1, 0.15) is 75.9 Å². The van der Waals surface area contributed by atoms with E-state index in [-0.39, 0.29) is 36.2 Å². The van der Waals surface area contributed by atoms with E-state index in [1.54, 1.807) is 28.9 Å². The number of cyclic esters (lactones) is 1. The van der Waals surface area contributed by atoms with Crippen molar-refractivity contribution < 1.29 is 28.7 Å². The first-order valence-electron chi connectivity index (χ1n) is 13.6. The Balaban J connectivity index is 1.20. The van der Waals surface area contributed by atoms with Crippen LogP contribution in [0.15, 0.2) is 36.4 Å². The zero-order chi connectivity index (χ0) is 27.5. The summed E-state index contributed by atoms with van der Waals surface area (Å²) in [7, 11) is 0. The molecule has 0 bridgehead atoms. The molecule has 1 atom stereocenters. The summed E-state index contributed by atoms with van der Waals surface area (Å²) in [5.74, 6) is -0.456. The van der Waals surface area contributed by atoms with Crippen LogP contribution in [0.25, 0.3) is 0 Å². The van der Waals surface area contributed by atoms with Gasteiger partial charge in [-0.15, -0.1) is 0 Å². The lowest BCUT2D eigenvalue weighted by Gasteiger charge is -2.35. The van der Waals surface area contributed by atoms with Crippen LogP contribution in [0.2, 0.25) is 0 Å². The number of carbonyl (C=O) groups is 4. The Labute approximate surface area is 227 Å². The molecule has 10 nitrogen and oxygen atoms in total. The molecule has 2 aromatic rings. The Morgan fingerprint density at radius 3 is 2.36 bits per heavy atom. The molecule has 206 valence electrons. The molecule has 0 saturated carbocycles. The number of ether oxygens (including phenoxy) is 2. The van der Waals surface area contributed by atoms with Gasteiger partial charge in [0.2, 0.25) is 5.91 Å². The Kier molecular flexibility index (Phi) is 7.81. The molecular formula is C29H34N4O6. The van der Waals surface area contributed by atoms with Crippen LogP contribution in [0.4, 0.5) is 4.79 Å². The molecule has 39 heavy (non-hydrogen) atoms. The molecule has 10 heteroatoms. The number of carbonyl (C=O) groups excluding carboxylic acids is 4. The highest BCUT2D eigenvalue weighted by atomic mass is 16.6. The Morgan fingerprint density at radius 2 is 1.64 bits per heavy atom. The molecule has 0 radical (unpaired) electrons. The van der Waals surface area contributed by atoms with Gasteiger partial charge in [-0.05, 0) is 44.9 Å². The van der Waals surface area contributed by atoms with Crippen LogP contribution in [-0.2, 0) is 14.3 Å². The fourth-order valence-corrected chi connectivity index (χ4v) is 5.61. The third-order valence-corrected chi connectivity index (χ3v) is 7.76. The van der Waals surface area contributed by atoms with E-state index in [0.29, 0.717) is 69.8 Å². The lowest BCUT2D eigenvalue weighted by molar-refractivity contribution is -0.134. The third kappa shape index (κ3) is 5.60. The zero-order valence-corrected chi connectivity index (χ0v) is 22.4. The maximum Gasteiger partial charge on any atom is 0.409 e. The number of benzene rings is 1. The number of esters is 1. The number of aromatic nitrogens is 1. The Morgan fingerprint density at radius 1 is 0.949 bits per heavy atom. The highest BCUT2D eigenvalue weighted by Gasteiger charge is 2.35. The normalized spacial score (nSPS) is 19.5. The predicted molar refractivity (Wildman–Crippen MR) is 141 cm³/mol. The van der Waals surface area contributed by atoms with Crippen molar-refractivity contribution in [3.8, 4) is 0 Å². The van der Waals surface area contributed by atoms with Crippen molar-refractivity contribution in [2.45, 2.75) is 45.1 Å². The number of pyridine rings is 1. The monoisotopic (exact) mass is 534 g/mol. The number of hydrogen-bond donors (Lipinski definition) is 0. The number of aryl methyl sites for hydroxylation is 1. The number of nitrogens with zero attached hydrogens (tertiary/aromatic N) is 4. The number of hydrogen-bond acceptors (Lipinski definition) is 7. The zero-order valence-electron chi connectivity index (χ0n) is 22.4. The van der Waals surface area contributed by atoms with E-state index >= 15 is 0 Å². The van der Waals surface area contributed by atoms with Crippen molar-refractivity contribution in [2.75, 3.05) is 45.9 Å². The molecule has 2 saturated heterocycles. The molecule has 0 N–H and O–H groups in total. The minimum Gasteiger partial charge on any atom is -0.453 e. The minimum atomic E-state index is -0.550. The summed E-state index contributed by atoms with van der Waals surface area (Å²) < 4.78 is 10.5. The van der Waals surface area contributed by atoms with E-state index in [1.807, 2.05) is 36.1 Å². The van der Waals surface area contributed by atoms with E-state index in [2.05, 4.69) is 0 Å². The average molecular weight is 535 g/mol. The molecule has 5 rings (SSSR count). The molecule has 3 aliphatic heterocycles. The number of rotatable bonds is 5. The lowest BCUT2D eigenvalue weighted by atomic mass is 9.89. The fraction of sp³-hybridized carbons (Fsp3) is 0.483. The van der Waals surface area contributed by atoms with Gasteiger partial charge in [0.05, 0.1) is 29.8 Å². The van der Waals surface area contributed by atoms with Crippen LogP contribution >= 0.6 is 0 Å². The highest BCUT2D eigenvalue weighted by molar-refractivity contribution is 5.96. The second kappa shape index (κ2) is 11.4. The summed E-state index contributed by atoms with van der Waals surface area (Å²) in [6, 6.07) is 10.9. The summed E-state index contributed by atoms with van der Waals surface area (Å²) in [6.07, 6.45) is 0.613. The number of amides is 3. The van der Waals surface area contributed by atoms with Gasteiger partial charge in [0, 0.05) is 56.4 Å². The van der Waals surface area contributed by atoms with Crippen molar-refractivity contribution in [3.63, 3.8) is 0 Å². The summed E-state index contributed by atoms with van der Waals surface area (Å²) in [5, 5.41) is 0. The molecule has 0 spiro atoms. The van der Waals surface area contributed by atoms with Gasteiger partial charge in [-0.2, -0.15) is 0 Å². The van der Waals surface area contributed by atoms with E-state index in [1.165, 1.54) is 0 Å². The van der Waals surface area contributed by atoms with Gasteiger partial charge in [0.1, 0.15) is 6.10 Å². The largest absolute Gasteiger partial charge is 0.453 e.